The molecule has 24 heavy (non-hydrogen) atoms. The highest BCUT2D eigenvalue weighted by Crippen LogP contribution is 2.21. The SMILES string of the molecule is Cc1nn(Cc2ccccc2F)c(C)c1NC(=O)c1cnn(C)c1. The van der Waals surface area contributed by atoms with Crippen LogP contribution >= 0.6 is 0 Å². The zero-order chi connectivity index (χ0) is 17.3. The van der Waals surface area contributed by atoms with Gasteiger partial charge in [-0.25, -0.2) is 4.39 Å². The highest BCUT2D eigenvalue weighted by atomic mass is 19.1. The summed E-state index contributed by atoms with van der Waals surface area (Å²) in [5.41, 5.74) is 3.11. The van der Waals surface area contributed by atoms with Gasteiger partial charge in [0.25, 0.3) is 5.91 Å². The van der Waals surface area contributed by atoms with E-state index >= 15 is 0 Å². The molecule has 0 spiro atoms. The number of anilines is 1. The van der Waals surface area contributed by atoms with Gasteiger partial charge in [0.15, 0.2) is 0 Å². The zero-order valence-electron chi connectivity index (χ0n) is 13.7. The van der Waals surface area contributed by atoms with Gasteiger partial charge in [-0.15, -0.1) is 0 Å². The second kappa shape index (κ2) is 6.27. The molecule has 3 aromatic rings. The summed E-state index contributed by atoms with van der Waals surface area (Å²) >= 11 is 0. The maximum atomic E-state index is 13.8. The van der Waals surface area contributed by atoms with Crippen molar-refractivity contribution in [3.63, 3.8) is 0 Å². The third-order valence-corrected chi connectivity index (χ3v) is 3.87. The quantitative estimate of drug-likeness (QED) is 0.801. The Morgan fingerprint density at radius 3 is 2.71 bits per heavy atom. The van der Waals surface area contributed by atoms with Crippen molar-refractivity contribution in [2.75, 3.05) is 5.32 Å². The number of carbonyl (C=O) groups is 1. The van der Waals surface area contributed by atoms with Crippen LogP contribution in [0.4, 0.5) is 10.1 Å². The third kappa shape index (κ3) is 3.05. The Morgan fingerprint density at radius 1 is 1.29 bits per heavy atom. The number of nitrogens with zero attached hydrogens (tertiary/aromatic N) is 4. The monoisotopic (exact) mass is 327 g/mol. The molecule has 0 aliphatic rings. The molecule has 0 fully saturated rings. The zero-order valence-corrected chi connectivity index (χ0v) is 13.7. The fraction of sp³-hybridized carbons (Fsp3) is 0.235. The van der Waals surface area contributed by atoms with Crippen LogP contribution in [0.3, 0.4) is 0 Å². The topological polar surface area (TPSA) is 64.7 Å². The number of hydrogen-bond acceptors (Lipinski definition) is 3. The van der Waals surface area contributed by atoms with Crippen LogP contribution in [0.25, 0.3) is 0 Å². The van der Waals surface area contributed by atoms with Crippen molar-refractivity contribution in [2.24, 2.45) is 7.05 Å². The first kappa shape index (κ1) is 15.9. The Kier molecular flexibility index (Phi) is 4.16. The minimum absolute atomic E-state index is 0.250. The molecule has 1 N–H and O–H groups in total. The molecule has 0 saturated carbocycles. The van der Waals surface area contributed by atoms with Gasteiger partial charge in [-0.1, -0.05) is 18.2 Å². The number of aryl methyl sites for hydroxylation is 2. The van der Waals surface area contributed by atoms with Crippen LogP contribution in [0.5, 0.6) is 0 Å². The Morgan fingerprint density at radius 2 is 2.04 bits per heavy atom. The van der Waals surface area contributed by atoms with Crippen LogP contribution in [0, 0.1) is 19.7 Å². The molecule has 2 heterocycles. The molecule has 2 aromatic heterocycles. The first-order valence-corrected chi connectivity index (χ1v) is 7.53. The van der Waals surface area contributed by atoms with E-state index in [-0.39, 0.29) is 11.7 Å². The van der Waals surface area contributed by atoms with E-state index in [0.717, 1.165) is 5.69 Å². The maximum absolute atomic E-state index is 13.8. The fourth-order valence-electron chi connectivity index (χ4n) is 2.54. The minimum Gasteiger partial charge on any atom is -0.319 e. The first-order valence-electron chi connectivity index (χ1n) is 7.53. The van der Waals surface area contributed by atoms with Crippen LogP contribution in [-0.4, -0.2) is 25.5 Å². The number of nitrogens with one attached hydrogen (secondary N) is 1. The lowest BCUT2D eigenvalue weighted by atomic mass is 10.2. The average Bonchev–Trinajstić information content (AvgIpc) is 3.09. The van der Waals surface area contributed by atoms with Crippen LogP contribution in [-0.2, 0) is 13.6 Å². The predicted octanol–water partition coefficient (Wildman–Crippen LogP) is 2.67. The molecule has 3 rings (SSSR count). The van der Waals surface area contributed by atoms with Crippen molar-refractivity contribution >= 4 is 11.6 Å². The second-order valence-corrected chi connectivity index (χ2v) is 5.65. The molecule has 124 valence electrons. The molecule has 0 radical (unpaired) electrons. The number of halogens is 1. The molecule has 0 bridgehead atoms. The number of rotatable bonds is 4. The Hall–Kier alpha value is -2.96. The van der Waals surface area contributed by atoms with E-state index in [1.54, 1.807) is 40.8 Å². The van der Waals surface area contributed by atoms with E-state index in [9.17, 15) is 9.18 Å². The summed E-state index contributed by atoms with van der Waals surface area (Å²) in [6.45, 7) is 3.96. The molecule has 0 aliphatic heterocycles. The molecular weight excluding hydrogens is 309 g/mol. The van der Waals surface area contributed by atoms with Crippen LogP contribution in [0.1, 0.15) is 27.3 Å². The molecule has 0 unspecified atom stereocenters. The van der Waals surface area contributed by atoms with E-state index < -0.39 is 0 Å². The lowest BCUT2D eigenvalue weighted by Crippen LogP contribution is -2.13. The van der Waals surface area contributed by atoms with Gasteiger partial charge in [0.2, 0.25) is 0 Å². The van der Waals surface area contributed by atoms with E-state index in [4.69, 9.17) is 0 Å². The summed E-state index contributed by atoms with van der Waals surface area (Å²) in [6.07, 6.45) is 3.15. The number of aromatic nitrogens is 4. The Labute approximate surface area is 138 Å². The van der Waals surface area contributed by atoms with Crippen molar-refractivity contribution in [3.05, 3.63) is 65.0 Å². The summed E-state index contributed by atoms with van der Waals surface area (Å²) in [5, 5.41) is 11.3. The lowest BCUT2D eigenvalue weighted by molar-refractivity contribution is 0.102. The maximum Gasteiger partial charge on any atom is 0.258 e. The van der Waals surface area contributed by atoms with Gasteiger partial charge >= 0.3 is 0 Å². The summed E-state index contributed by atoms with van der Waals surface area (Å²) < 4.78 is 17.1. The fourth-order valence-corrected chi connectivity index (χ4v) is 2.54. The highest BCUT2D eigenvalue weighted by molar-refractivity contribution is 6.04. The van der Waals surface area contributed by atoms with Crippen LogP contribution in [0.2, 0.25) is 0 Å². The number of hydrogen-bond donors (Lipinski definition) is 1. The molecule has 1 aromatic carbocycles. The smallest absolute Gasteiger partial charge is 0.258 e. The number of carbonyl (C=O) groups excluding carboxylic acids is 1. The van der Waals surface area contributed by atoms with Crippen LogP contribution in [0.15, 0.2) is 36.7 Å². The van der Waals surface area contributed by atoms with Gasteiger partial charge in [0.1, 0.15) is 5.82 Å². The van der Waals surface area contributed by atoms with E-state index in [2.05, 4.69) is 15.5 Å². The molecule has 0 aliphatic carbocycles. The van der Waals surface area contributed by atoms with Gasteiger partial charge in [-0.2, -0.15) is 10.2 Å². The van der Waals surface area contributed by atoms with E-state index in [0.29, 0.717) is 29.1 Å². The van der Waals surface area contributed by atoms with Gasteiger partial charge in [-0.3, -0.25) is 14.2 Å². The van der Waals surface area contributed by atoms with Crippen molar-refractivity contribution in [1.82, 2.24) is 19.6 Å². The van der Waals surface area contributed by atoms with Crippen molar-refractivity contribution in [2.45, 2.75) is 20.4 Å². The third-order valence-electron chi connectivity index (χ3n) is 3.87. The van der Waals surface area contributed by atoms with Crippen molar-refractivity contribution in [1.29, 1.82) is 0 Å². The highest BCUT2D eigenvalue weighted by Gasteiger charge is 2.17. The van der Waals surface area contributed by atoms with E-state index in [1.165, 1.54) is 12.3 Å². The summed E-state index contributed by atoms with van der Waals surface area (Å²) in [7, 11) is 1.75. The molecule has 0 atom stereocenters. The Balaban J connectivity index is 1.84. The molecular formula is C17H18FN5O. The van der Waals surface area contributed by atoms with Gasteiger partial charge in [-0.05, 0) is 19.9 Å². The lowest BCUT2D eigenvalue weighted by Gasteiger charge is -2.07. The molecule has 0 saturated heterocycles. The van der Waals surface area contributed by atoms with Crippen molar-refractivity contribution < 1.29 is 9.18 Å². The normalized spacial score (nSPS) is 10.8. The first-order chi connectivity index (χ1) is 11.5. The standard InChI is InChI=1S/C17H18FN5O/c1-11-16(20-17(24)14-8-19-22(3)9-14)12(2)23(21-11)10-13-6-4-5-7-15(13)18/h4-9H,10H2,1-3H3,(H,20,24). The van der Waals surface area contributed by atoms with Gasteiger partial charge < -0.3 is 5.32 Å². The summed E-state index contributed by atoms with van der Waals surface area (Å²) in [6, 6.07) is 6.58. The van der Waals surface area contributed by atoms with Gasteiger partial charge in [0, 0.05) is 18.8 Å². The molecule has 7 heteroatoms. The number of amides is 1. The summed E-state index contributed by atoms with van der Waals surface area (Å²) in [4.78, 5) is 12.3. The minimum atomic E-state index is -0.272. The van der Waals surface area contributed by atoms with Crippen LogP contribution < -0.4 is 5.32 Å². The molecule has 6 nitrogen and oxygen atoms in total. The number of benzene rings is 1. The predicted molar refractivity (Wildman–Crippen MR) is 88.4 cm³/mol. The van der Waals surface area contributed by atoms with Gasteiger partial charge in [0.05, 0.1) is 35.4 Å². The second-order valence-electron chi connectivity index (χ2n) is 5.65. The van der Waals surface area contributed by atoms with Crippen molar-refractivity contribution in [3.8, 4) is 0 Å². The Bertz CT molecular complexity index is 896. The largest absolute Gasteiger partial charge is 0.319 e. The summed E-state index contributed by atoms with van der Waals surface area (Å²) in [5.74, 6) is -0.522. The molecule has 1 amide bonds. The average molecular weight is 327 g/mol. The van der Waals surface area contributed by atoms with E-state index in [1.807, 2.05) is 13.8 Å².